The first-order valence-corrected chi connectivity index (χ1v) is 4.63. The Bertz CT molecular complexity index is 278. The van der Waals surface area contributed by atoms with Crippen LogP contribution in [0.1, 0.15) is 18.9 Å². The lowest BCUT2D eigenvalue weighted by atomic mass is 10.3. The third-order valence-corrected chi connectivity index (χ3v) is 1.81. The number of pyridine rings is 1. The number of nitrogens with zero attached hydrogens (tertiary/aromatic N) is 1. The van der Waals surface area contributed by atoms with Crippen LogP contribution in [0.25, 0.3) is 0 Å². The van der Waals surface area contributed by atoms with Gasteiger partial charge < -0.3 is 10.5 Å². The highest BCUT2D eigenvalue weighted by Crippen LogP contribution is 2.22. The van der Waals surface area contributed by atoms with E-state index in [4.69, 9.17) is 22.1 Å². The van der Waals surface area contributed by atoms with E-state index < -0.39 is 0 Å². The Morgan fingerprint density at radius 1 is 1.62 bits per heavy atom. The molecule has 72 valence electrons. The summed E-state index contributed by atoms with van der Waals surface area (Å²) in [5.74, 6) is 0.487. The van der Waals surface area contributed by atoms with Gasteiger partial charge in [0, 0.05) is 12.7 Å². The molecule has 0 unspecified atom stereocenters. The van der Waals surface area contributed by atoms with E-state index in [0.29, 0.717) is 24.1 Å². The Balaban J connectivity index is 2.73. The molecule has 3 nitrogen and oxygen atoms in total. The van der Waals surface area contributed by atoms with E-state index in [1.807, 2.05) is 6.92 Å². The van der Waals surface area contributed by atoms with Crippen molar-refractivity contribution in [3.63, 3.8) is 0 Å². The first-order chi connectivity index (χ1) is 6.27. The van der Waals surface area contributed by atoms with Crippen molar-refractivity contribution in [2.75, 3.05) is 6.61 Å². The first kappa shape index (κ1) is 10.3. The number of hydrogen-bond acceptors (Lipinski definition) is 3. The van der Waals surface area contributed by atoms with Crippen molar-refractivity contribution in [2.24, 2.45) is 5.73 Å². The Hall–Kier alpha value is -0.800. The average molecular weight is 201 g/mol. The Morgan fingerprint density at radius 3 is 2.92 bits per heavy atom. The van der Waals surface area contributed by atoms with Gasteiger partial charge in [-0.15, -0.1) is 0 Å². The molecule has 0 bridgehead atoms. The maximum Gasteiger partial charge on any atom is 0.232 e. The Labute approximate surface area is 82.9 Å². The van der Waals surface area contributed by atoms with Crippen molar-refractivity contribution < 1.29 is 4.74 Å². The predicted molar refractivity (Wildman–Crippen MR) is 52.9 cm³/mol. The van der Waals surface area contributed by atoms with Gasteiger partial charge in [0.1, 0.15) is 5.02 Å². The highest BCUT2D eigenvalue weighted by atomic mass is 35.5. The molecular weight excluding hydrogens is 188 g/mol. The van der Waals surface area contributed by atoms with E-state index in [-0.39, 0.29) is 0 Å². The molecule has 1 heterocycles. The summed E-state index contributed by atoms with van der Waals surface area (Å²) in [6.07, 6.45) is 2.62. The van der Waals surface area contributed by atoms with Crippen molar-refractivity contribution in [1.29, 1.82) is 0 Å². The summed E-state index contributed by atoms with van der Waals surface area (Å²) >= 11 is 5.90. The third-order valence-electron chi connectivity index (χ3n) is 1.54. The Kier molecular flexibility index (Phi) is 3.99. The first-order valence-electron chi connectivity index (χ1n) is 4.25. The van der Waals surface area contributed by atoms with Crippen LogP contribution >= 0.6 is 11.6 Å². The average Bonchev–Trinajstić information content (AvgIpc) is 2.16. The van der Waals surface area contributed by atoms with Crippen LogP contribution in [0, 0.1) is 0 Å². The highest BCUT2D eigenvalue weighted by molar-refractivity contribution is 6.31. The van der Waals surface area contributed by atoms with Crippen molar-refractivity contribution >= 4 is 11.6 Å². The number of hydrogen-bond donors (Lipinski definition) is 1. The van der Waals surface area contributed by atoms with Crippen LogP contribution < -0.4 is 10.5 Å². The van der Waals surface area contributed by atoms with Crippen LogP contribution in [-0.2, 0) is 6.54 Å². The van der Waals surface area contributed by atoms with Crippen molar-refractivity contribution in [3.8, 4) is 5.88 Å². The minimum Gasteiger partial charge on any atom is -0.477 e. The van der Waals surface area contributed by atoms with Crippen LogP contribution in [0.5, 0.6) is 5.88 Å². The molecule has 1 aromatic heterocycles. The molecule has 0 fully saturated rings. The molecule has 13 heavy (non-hydrogen) atoms. The summed E-state index contributed by atoms with van der Waals surface area (Å²) < 4.78 is 5.30. The maximum absolute atomic E-state index is 5.90. The van der Waals surface area contributed by atoms with E-state index in [0.717, 1.165) is 12.0 Å². The van der Waals surface area contributed by atoms with E-state index in [2.05, 4.69) is 4.98 Å². The predicted octanol–water partition coefficient (Wildman–Crippen LogP) is 1.98. The normalized spacial score (nSPS) is 10.1. The number of nitrogens with two attached hydrogens (primary N) is 1. The fourth-order valence-electron chi connectivity index (χ4n) is 0.882. The molecule has 0 aromatic carbocycles. The minimum absolute atomic E-state index is 0.445. The van der Waals surface area contributed by atoms with Gasteiger partial charge in [0.05, 0.1) is 6.61 Å². The molecule has 0 saturated carbocycles. The van der Waals surface area contributed by atoms with Crippen molar-refractivity contribution in [1.82, 2.24) is 4.98 Å². The smallest absolute Gasteiger partial charge is 0.232 e. The summed E-state index contributed by atoms with van der Waals surface area (Å²) in [5, 5.41) is 0.524. The van der Waals surface area contributed by atoms with Crippen LogP contribution in [0.15, 0.2) is 12.3 Å². The summed E-state index contributed by atoms with van der Waals surface area (Å²) in [5.41, 5.74) is 6.34. The fourth-order valence-corrected chi connectivity index (χ4v) is 1.13. The van der Waals surface area contributed by atoms with Crippen LogP contribution in [-0.4, -0.2) is 11.6 Å². The second-order valence-electron chi connectivity index (χ2n) is 2.68. The highest BCUT2D eigenvalue weighted by Gasteiger charge is 2.03. The standard InChI is InChI=1S/C9H13ClN2O/c1-2-3-13-9-8(10)4-7(5-11)6-12-9/h4,6H,2-3,5,11H2,1H3. The van der Waals surface area contributed by atoms with Crippen LogP contribution in [0.3, 0.4) is 0 Å². The van der Waals surface area contributed by atoms with Gasteiger partial charge in [-0.3, -0.25) is 0 Å². The molecule has 4 heteroatoms. The molecule has 0 saturated heterocycles. The second kappa shape index (κ2) is 5.04. The lowest BCUT2D eigenvalue weighted by Gasteiger charge is -2.05. The van der Waals surface area contributed by atoms with Crippen LogP contribution in [0.4, 0.5) is 0 Å². The number of rotatable bonds is 4. The monoisotopic (exact) mass is 200 g/mol. The molecule has 0 aliphatic rings. The quantitative estimate of drug-likeness (QED) is 0.809. The largest absolute Gasteiger partial charge is 0.477 e. The molecule has 0 radical (unpaired) electrons. The molecule has 0 amide bonds. The lowest BCUT2D eigenvalue weighted by Crippen LogP contribution is -2.01. The summed E-state index contributed by atoms with van der Waals surface area (Å²) in [6, 6.07) is 1.78. The molecule has 0 aliphatic carbocycles. The third kappa shape index (κ3) is 2.86. The Morgan fingerprint density at radius 2 is 2.38 bits per heavy atom. The van der Waals surface area contributed by atoms with Crippen LogP contribution in [0.2, 0.25) is 5.02 Å². The van der Waals surface area contributed by atoms with Gasteiger partial charge >= 0.3 is 0 Å². The summed E-state index contributed by atoms with van der Waals surface area (Å²) in [7, 11) is 0. The van der Waals surface area contributed by atoms with Gasteiger partial charge in [0.2, 0.25) is 5.88 Å². The van der Waals surface area contributed by atoms with Gasteiger partial charge in [-0.2, -0.15) is 0 Å². The van der Waals surface area contributed by atoms with Gasteiger partial charge in [-0.1, -0.05) is 18.5 Å². The van der Waals surface area contributed by atoms with E-state index >= 15 is 0 Å². The lowest BCUT2D eigenvalue weighted by molar-refractivity contribution is 0.305. The zero-order chi connectivity index (χ0) is 9.68. The topological polar surface area (TPSA) is 48.1 Å². The number of ether oxygens (including phenoxy) is 1. The molecule has 1 aromatic rings. The maximum atomic E-state index is 5.90. The molecule has 0 atom stereocenters. The molecule has 1 rings (SSSR count). The zero-order valence-electron chi connectivity index (χ0n) is 7.59. The zero-order valence-corrected chi connectivity index (χ0v) is 8.34. The summed E-state index contributed by atoms with van der Waals surface area (Å²) in [4.78, 5) is 4.05. The van der Waals surface area contributed by atoms with E-state index in [1.54, 1.807) is 12.3 Å². The number of halogens is 1. The van der Waals surface area contributed by atoms with E-state index in [9.17, 15) is 0 Å². The van der Waals surface area contributed by atoms with Gasteiger partial charge in [0.15, 0.2) is 0 Å². The molecular formula is C9H13ClN2O. The summed E-state index contributed by atoms with van der Waals surface area (Å²) in [6.45, 7) is 3.11. The second-order valence-corrected chi connectivity index (χ2v) is 3.09. The van der Waals surface area contributed by atoms with Gasteiger partial charge in [-0.05, 0) is 18.1 Å². The van der Waals surface area contributed by atoms with Gasteiger partial charge in [-0.25, -0.2) is 4.98 Å². The SMILES string of the molecule is CCCOc1ncc(CN)cc1Cl. The molecule has 0 aliphatic heterocycles. The van der Waals surface area contributed by atoms with Crippen molar-refractivity contribution in [3.05, 3.63) is 22.8 Å². The molecule has 2 N–H and O–H groups in total. The fraction of sp³-hybridized carbons (Fsp3) is 0.444. The molecule has 0 spiro atoms. The number of aromatic nitrogens is 1. The van der Waals surface area contributed by atoms with Gasteiger partial charge in [0.25, 0.3) is 0 Å². The van der Waals surface area contributed by atoms with E-state index in [1.165, 1.54) is 0 Å². The minimum atomic E-state index is 0.445. The van der Waals surface area contributed by atoms with Crippen molar-refractivity contribution in [2.45, 2.75) is 19.9 Å².